The maximum atomic E-state index is 6.04. The topological polar surface area (TPSA) is 36.9 Å². The van der Waals surface area contributed by atoms with Crippen LogP contribution in [0.4, 0.5) is 0 Å². The molecule has 212 valence electrons. The predicted octanol–water partition coefficient (Wildman–Crippen LogP) is 7.85. The van der Waals surface area contributed by atoms with Gasteiger partial charge in [0.1, 0.15) is 18.3 Å². The van der Waals surface area contributed by atoms with Crippen molar-refractivity contribution in [3.63, 3.8) is 0 Å². The maximum absolute atomic E-state index is 6.04. The molecule has 2 saturated heterocycles. The summed E-state index contributed by atoms with van der Waals surface area (Å²) < 4.78 is 24.0. The number of hydrogen-bond acceptors (Lipinski definition) is 4. The van der Waals surface area contributed by atoms with Crippen LogP contribution in [0.25, 0.3) is 12.2 Å². The van der Waals surface area contributed by atoms with Crippen molar-refractivity contribution < 1.29 is 37.1 Å². The van der Waals surface area contributed by atoms with Gasteiger partial charge in [-0.2, -0.15) is 5.56 Å². The molecule has 0 N–H and O–H groups in total. The molecule has 4 rings (SSSR count). The Labute approximate surface area is 244 Å². The fraction of sp³-hybridized carbons (Fsp3) is 0.562. The first-order valence-electron chi connectivity index (χ1n) is 13.7. The van der Waals surface area contributed by atoms with Gasteiger partial charge in [0.05, 0.1) is 12.7 Å². The fourth-order valence-electron chi connectivity index (χ4n) is 5.31. The number of rotatable bonds is 10. The summed E-state index contributed by atoms with van der Waals surface area (Å²) in [6, 6.07) is 16.6. The normalized spacial score (nSPS) is 24.2. The van der Waals surface area contributed by atoms with Gasteiger partial charge in [-0.1, -0.05) is 58.4 Å². The molecule has 1 unspecified atom stereocenters. The Kier molecular flexibility index (Phi) is 12.1. The molecule has 38 heavy (non-hydrogen) atoms. The Morgan fingerprint density at radius 1 is 1.00 bits per heavy atom. The van der Waals surface area contributed by atoms with Crippen molar-refractivity contribution in [1.82, 2.24) is 0 Å². The van der Waals surface area contributed by atoms with Gasteiger partial charge in [-0.15, -0.1) is 35.9 Å². The van der Waals surface area contributed by atoms with Crippen LogP contribution in [0.2, 0.25) is 0 Å². The average molecular weight is 634 g/mol. The third-order valence-corrected chi connectivity index (χ3v) is 7.17. The van der Waals surface area contributed by atoms with Crippen molar-refractivity contribution in [2.24, 2.45) is 0 Å². The van der Waals surface area contributed by atoms with Crippen molar-refractivity contribution in [3.05, 3.63) is 70.3 Å². The van der Waals surface area contributed by atoms with Gasteiger partial charge >= 0.3 is 27.7 Å². The summed E-state index contributed by atoms with van der Waals surface area (Å²) in [7, 11) is 4.49. The monoisotopic (exact) mass is 632 g/mol. The van der Waals surface area contributed by atoms with Gasteiger partial charge in [0.25, 0.3) is 0 Å². The summed E-state index contributed by atoms with van der Waals surface area (Å²) in [5.74, 6) is 0.443. The van der Waals surface area contributed by atoms with E-state index in [9.17, 15) is 0 Å². The van der Waals surface area contributed by atoms with Crippen LogP contribution in [0, 0.1) is 6.07 Å². The third-order valence-electron chi connectivity index (χ3n) is 7.17. The zero-order chi connectivity index (χ0) is 27.9. The van der Waals surface area contributed by atoms with Crippen LogP contribution >= 0.6 is 9.53 Å². The van der Waals surface area contributed by atoms with Crippen LogP contribution in [0.15, 0.2) is 36.4 Å². The van der Waals surface area contributed by atoms with E-state index in [-0.39, 0.29) is 24.4 Å². The molecule has 4 nitrogen and oxygen atoms in total. The summed E-state index contributed by atoms with van der Waals surface area (Å²) in [6.45, 7) is 16.2. The van der Waals surface area contributed by atoms with E-state index in [4.69, 9.17) is 18.9 Å². The second-order valence-corrected chi connectivity index (χ2v) is 11.3. The minimum atomic E-state index is -0.544. The Hall–Kier alpha value is -1.03. The van der Waals surface area contributed by atoms with Crippen molar-refractivity contribution in [3.8, 4) is 0 Å². The number of hydrogen-bond donors (Lipinski definition) is 0. The molecule has 0 aromatic heterocycles. The predicted molar refractivity (Wildman–Crippen MR) is 152 cm³/mol. The molecule has 2 heterocycles. The average Bonchev–Trinajstić information content (AvgIpc) is 3.36. The number of benzene rings is 2. The van der Waals surface area contributed by atoms with E-state index in [0.717, 1.165) is 18.4 Å². The van der Waals surface area contributed by atoms with Crippen LogP contribution in [0.5, 0.6) is 0 Å². The van der Waals surface area contributed by atoms with Gasteiger partial charge in [-0.25, -0.2) is 0 Å². The number of halogens is 1. The van der Waals surface area contributed by atoms with Gasteiger partial charge in [0.2, 0.25) is 0 Å². The first-order chi connectivity index (χ1) is 18.1. The first kappa shape index (κ1) is 31.5. The first-order valence-corrected chi connectivity index (χ1v) is 15.7. The summed E-state index contributed by atoms with van der Waals surface area (Å²) in [4.78, 5) is 0. The number of aryl methyl sites for hydroxylation is 1. The molecule has 0 amide bonds. The van der Waals surface area contributed by atoms with E-state index in [0.29, 0.717) is 25.0 Å². The van der Waals surface area contributed by atoms with E-state index < -0.39 is 5.79 Å². The van der Waals surface area contributed by atoms with Gasteiger partial charge in [0.15, 0.2) is 5.79 Å². The zero-order valence-corrected chi connectivity index (χ0v) is 26.0. The van der Waals surface area contributed by atoms with Gasteiger partial charge in [-0.05, 0) is 55.7 Å². The van der Waals surface area contributed by atoms with E-state index >= 15 is 0 Å². The van der Waals surface area contributed by atoms with Crippen molar-refractivity contribution in [2.75, 3.05) is 13.2 Å². The summed E-state index contributed by atoms with van der Waals surface area (Å²) in [5, 5.41) is 0. The van der Waals surface area contributed by atoms with E-state index in [1.807, 2.05) is 20.8 Å². The molecule has 2 aliphatic rings. The Morgan fingerprint density at radius 2 is 1.66 bits per heavy atom. The quantitative estimate of drug-likeness (QED) is 0.116. The molecule has 2 aromatic rings. The van der Waals surface area contributed by atoms with Crippen LogP contribution in [0.3, 0.4) is 0 Å². The standard InChI is InChI=1S/C32H43O4.ClH.Pd/c1-21(2)26-11-8-12-27(22(3)4)28(26)18-17-25-15-13-24(14-16-25)10-9-19-33-20-29-31-30(23(5)34-29)35-32(6,7)36-31;;/h8,11-15,17-18,21-23,29-31H,9-10,19-20H2,1-7H3;1H;/q-1;;+2/p-1/b18-17+;;/t23-,29+,30+,31?;;/m1../s1. The van der Waals surface area contributed by atoms with Gasteiger partial charge in [0, 0.05) is 6.61 Å². The SMILES string of the molecule is CC(C)c1cccc(C(C)C)c1/C=C/c1[c-]cc(CCCOC[C@@H]2O[C@H](C)[C@@H]3OC(C)(C)OC23)cc1.[Cl][Pd+]. The third kappa shape index (κ3) is 8.24. The van der Waals surface area contributed by atoms with Crippen LogP contribution in [-0.2, 0) is 43.5 Å². The molecular weight excluding hydrogens is 590 g/mol. The minimum absolute atomic E-state index is 0.00693. The van der Waals surface area contributed by atoms with Crippen LogP contribution < -0.4 is 0 Å². The molecule has 0 spiro atoms. The van der Waals surface area contributed by atoms with Gasteiger partial charge < -0.3 is 18.9 Å². The molecule has 2 aromatic carbocycles. The van der Waals surface area contributed by atoms with E-state index in [2.05, 4.69) is 110 Å². The molecular formula is C32H43ClO4Pd. The van der Waals surface area contributed by atoms with Gasteiger partial charge in [-0.3, -0.25) is 0 Å². The molecule has 0 aliphatic carbocycles. The zero-order valence-electron chi connectivity index (χ0n) is 23.7. The number of ether oxygens (including phenoxy) is 4. The summed E-state index contributed by atoms with van der Waals surface area (Å²) >= 11 is 2.22. The molecule has 0 saturated carbocycles. The molecule has 0 radical (unpaired) electrons. The van der Waals surface area contributed by atoms with Crippen molar-refractivity contribution in [1.29, 1.82) is 0 Å². The molecule has 0 bridgehead atoms. The Balaban J connectivity index is 0.00000195. The Morgan fingerprint density at radius 3 is 2.26 bits per heavy atom. The molecule has 4 atom stereocenters. The Bertz CT molecular complexity index is 1010. The number of fused-ring (bicyclic) bond motifs is 1. The molecule has 6 heteroatoms. The second kappa shape index (κ2) is 14.6. The summed E-state index contributed by atoms with van der Waals surface area (Å²) in [6.07, 6.45) is 6.29. The van der Waals surface area contributed by atoms with Crippen LogP contribution in [0.1, 0.15) is 94.5 Å². The van der Waals surface area contributed by atoms with Crippen LogP contribution in [-0.4, -0.2) is 43.4 Å². The fourth-order valence-corrected chi connectivity index (χ4v) is 5.31. The van der Waals surface area contributed by atoms with Crippen molar-refractivity contribution >= 4 is 21.7 Å². The summed E-state index contributed by atoms with van der Waals surface area (Å²) in [5.41, 5.74) is 6.53. The molecule has 2 fully saturated rings. The van der Waals surface area contributed by atoms with E-state index in [1.54, 1.807) is 0 Å². The van der Waals surface area contributed by atoms with E-state index in [1.165, 1.54) is 22.3 Å². The second-order valence-electron chi connectivity index (χ2n) is 11.3. The molecule has 2 aliphatic heterocycles. The van der Waals surface area contributed by atoms with Crippen molar-refractivity contribution in [2.45, 2.75) is 103 Å².